The number of nitrogens with zero attached hydrogens (tertiary/aromatic N) is 2. The third-order valence-electron chi connectivity index (χ3n) is 3.63. The Morgan fingerprint density at radius 2 is 1.21 bits per heavy atom. The lowest BCUT2D eigenvalue weighted by atomic mass is 10.0. The minimum Gasteiger partial charge on any atom is -0.500 e. The van der Waals surface area contributed by atoms with E-state index in [-0.39, 0.29) is 35.8 Å². The van der Waals surface area contributed by atoms with Gasteiger partial charge in [-0.25, -0.2) is 0 Å². The van der Waals surface area contributed by atoms with Gasteiger partial charge in [0.15, 0.2) is 17.3 Å². The second-order valence-corrected chi connectivity index (χ2v) is 5.39. The first-order chi connectivity index (χ1) is 13.2. The average molecular weight is 392 g/mol. The maximum absolute atomic E-state index is 12.8. The molecular formula is C17H16N2O9. The van der Waals surface area contributed by atoms with Crippen molar-refractivity contribution >= 4 is 17.2 Å². The number of phenolic OH excluding ortho intramolecular Hbond substituents is 2. The fourth-order valence-electron chi connectivity index (χ4n) is 2.42. The zero-order valence-electron chi connectivity index (χ0n) is 14.9. The molecule has 0 heterocycles. The molecule has 0 aliphatic carbocycles. The van der Waals surface area contributed by atoms with E-state index in [4.69, 9.17) is 9.47 Å². The Morgan fingerprint density at radius 1 is 0.857 bits per heavy atom. The van der Waals surface area contributed by atoms with E-state index in [0.717, 1.165) is 24.3 Å². The van der Waals surface area contributed by atoms with Crippen LogP contribution in [0.2, 0.25) is 0 Å². The summed E-state index contributed by atoms with van der Waals surface area (Å²) in [5.74, 6) is -2.87. The molecule has 148 valence electrons. The van der Waals surface area contributed by atoms with Gasteiger partial charge in [-0.1, -0.05) is 0 Å². The van der Waals surface area contributed by atoms with E-state index >= 15 is 0 Å². The molecule has 0 bridgehead atoms. The summed E-state index contributed by atoms with van der Waals surface area (Å²) >= 11 is 0. The molecule has 2 rings (SSSR count). The van der Waals surface area contributed by atoms with Crippen LogP contribution in [0.4, 0.5) is 11.4 Å². The normalized spacial score (nSPS) is 10.4. The van der Waals surface area contributed by atoms with Crippen LogP contribution in [0.1, 0.15) is 29.8 Å². The quantitative estimate of drug-likeness (QED) is 0.390. The summed E-state index contributed by atoms with van der Waals surface area (Å²) in [6.07, 6.45) is 0. The van der Waals surface area contributed by atoms with Gasteiger partial charge in [0.1, 0.15) is 0 Å². The molecule has 0 aliphatic rings. The van der Waals surface area contributed by atoms with Crippen molar-refractivity contribution in [3.63, 3.8) is 0 Å². The highest BCUT2D eigenvalue weighted by molar-refractivity contribution is 6.10. The van der Waals surface area contributed by atoms with Gasteiger partial charge in [-0.3, -0.25) is 25.0 Å². The lowest BCUT2D eigenvalue weighted by Crippen LogP contribution is -2.06. The molecule has 0 spiro atoms. The Kier molecular flexibility index (Phi) is 5.98. The van der Waals surface area contributed by atoms with E-state index in [1.165, 1.54) is 0 Å². The van der Waals surface area contributed by atoms with E-state index in [1.807, 2.05) is 0 Å². The van der Waals surface area contributed by atoms with E-state index in [0.29, 0.717) is 0 Å². The van der Waals surface area contributed by atoms with Crippen LogP contribution in [-0.2, 0) is 0 Å². The average Bonchev–Trinajstić information content (AvgIpc) is 2.64. The number of ether oxygens (including phenoxy) is 2. The van der Waals surface area contributed by atoms with Crippen LogP contribution in [0.5, 0.6) is 23.0 Å². The van der Waals surface area contributed by atoms with Gasteiger partial charge in [0, 0.05) is 23.3 Å². The van der Waals surface area contributed by atoms with Crippen molar-refractivity contribution < 1.29 is 34.3 Å². The SMILES string of the molecule is CCOc1cc(C(=O)c2cc(OCC)c(O)c([N+](=O)[O-])c2)cc([N+](=O)[O-])c1O. The Morgan fingerprint density at radius 3 is 1.50 bits per heavy atom. The number of rotatable bonds is 8. The highest BCUT2D eigenvalue weighted by Gasteiger charge is 2.27. The predicted molar refractivity (Wildman–Crippen MR) is 95.3 cm³/mol. The summed E-state index contributed by atoms with van der Waals surface area (Å²) in [7, 11) is 0. The third kappa shape index (κ3) is 3.92. The molecule has 0 saturated carbocycles. The van der Waals surface area contributed by atoms with Crippen LogP contribution in [0.25, 0.3) is 0 Å². The van der Waals surface area contributed by atoms with Gasteiger partial charge in [0.2, 0.25) is 11.5 Å². The first-order valence-corrected chi connectivity index (χ1v) is 8.04. The highest BCUT2D eigenvalue weighted by Crippen LogP contribution is 2.40. The maximum atomic E-state index is 12.8. The number of ketones is 1. The molecule has 0 aliphatic heterocycles. The molecule has 11 heteroatoms. The molecule has 2 aromatic carbocycles. The van der Waals surface area contributed by atoms with Crippen molar-refractivity contribution in [1.82, 2.24) is 0 Å². The number of benzene rings is 2. The fourth-order valence-corrected chi connectivity index (χ4v) is 2.42. The first-order valence-electron chi connectivity index (χ1n) is 8.04. The summed E-state index contributed by atoms with van der Waals surface area (Å²) in [6.45, 7) is 3.30. The number of nitro benzene ring substituents is 2. The zero-order valence-corrected chi connectivity index (χ0v) is 14.9. The largest absolute Gasteiger partial charge is 0.500 e. The van der Waals surface area contributed by atoms with Crippen LogP contribution in [0.3, 0.4) is 0 Å². The molecule has 28 heavy (non-hydrogen) atoms. The lowest BCUT2D eigenvalue weighted by molar-refractivity contribution is -0.386. The van der Waals surface area contributed by atoms with Gasteiger partial charge in [0.05, 0.1) is 23.1 Å². The molecule has 0 amide bonds. The van der Waals surface area contributed by atoms with Crippen LogP contribution < -0.4 is 9.47 Å². The molecule has 0 saturated heterocycles. The van der Waals surface area contributed by atoms with Crippen molar-refractivity contribution in [1.29, 1.82) is 0 Å². The van der Waals surface area contributed by atoms with Gasteiger partial charge in [-0.05, 0) is 26.0 Å². The summed E-state index contributed by atoms with van der Waals surface area (Å²) < 4.78 is 10.2. The minimum atomic E-state index is -0.889. The summed E-state index contributed by atoms with van der Waals surface area (Å²) in [4.78, 5) is 33.3. The standard InChI is InChI=1S/C17H16N2O9/c1-3-27-13-7-9(5-11(16(13)21)18(23)24)15(20)10-6-12(19(25)26)17(22)14(8-10)28-4-2/h5-8,21-22H,3-4H2,1-2H3. The van der Waals surface area contributed by atoms with Crippen molar-refractivity contribution in [3.05, 3.63) is 55.6 Å². The van der Waals surface area contributed by atoms with Gasteiger partial charge >= 0.3 is 11.4 Å². The molecule has 2 aromatic rings. The molecule has 11 nitrogen and oxygen atoms in total. The van der Waals surface area contributed by atoms with E-state index in [2.05, 4.69) is 0 Å². The summed E-state index contributed by atoms with van der Waals surface area (Å²) in [5.41, 5.74) is -1.99. The number of carbonyl (C=O) groups is 1. The van der Waals surface area contributed by atoms with Crippen molar-refractivity contribution in [2.24, 2.45) is 0 Å². The van der Waals surface area contributed by atoms with E-state index in [9.17, 15) is 35.2 Å². The van der Waals surface area contributed by atoms with Crippen LogP contribution >= 0.6 is 0 Å². The topological polar surface area (TPSA) is 162 Å². The summed E-state index contributed by atoms with van der Waals surface area (Å²) in [5, 5.41) is 42.1. The lowest BCUT2D eigenvalue weighted by Gasteiger charge is -2.11. The number of hydrogen-bond acceptors (Lipinski definition) is 9. The van der Waals surface area contributed by atoms with Crippen molar-refractivity contribution in [2.75, 3.05) is 13.2 Å². The second-order valence-electron chi connectivity index (χ2n) is 5.39. The maximum Gasteiger partial charge on any atom is 0.315 e. The van der Waals surface area contributed by atoms with Crippen LogP contribution in [0.15, 0.2) is 24.3 Å². The first kappa shape index (κ1) is 20.4. The van der Waals surface area contributed by atoms with Gasteiger partial charge < -0.3 is 19.7 Å². The smallest absolute Gasteiger partial charge is 0.315 e. The number of carbonyl (C=O) groups excluding carboxylic acids is 1. The molecule has 0 unspecified atom stereocenters. The van der Waals surface area contributed by atoms with Crippen molar-refractivity contribution in [2.45, 2.75) is 13.8 Å². The van der Waals surface area contributed by atoms with Crippen molar-refractivity contribution in [3.8, 4) is 23.0 Å². The Labute approximate surface area is 158 Å². The third-order valence-corrected chi connectivity index (χ3v) is 3.63. The zero-order chi connectivity index (χ0) is 21.0. The number of hydrogen-bond donors (Lipinski definition) is 2. The molecule has 0 radical (unpaired) electrons. The minimum absolute atomic E-state index is 0.0710. The van der Waals surface area contributed by atoms with Gasteiger partial charge in [-0.15, -0.1) is 0 Å². The number of phenols is 2. The summed E-state index contributed by atoms with van der Waals surface area (Å²) in [6, 6.07) is 3.85. The second kappa shape index (κ2) is 8.20. The monoisotopic (exact) mass is 392 g/mol. The van der Waals surface area contributed by atoms with E-state index in [1.54, 1.807) is 13.8 Å². The van der Waals surface area contributed by atoms with Crippen LogP contribution in [0, 0.1) is 20.2 Å². The fraction of sp³-hybridized carbons (Fsp3) is 0.235. The molecular weight excluding hydrogens is 376 g/mol. The predicted octanol–water partition coefficient (Wildman–Crippen LogP) is 2.94. The molecule has 0 fully saturated rings. The molecule has 0 atom stereocenters. The molecule has 2 N–H and O–H groups in total. The number of aromatic hydroxyl groups is 2. The van der Waals surface area contributed by atoms with E-state index < -0.39 is 38.5 Å². The highest BCUT2D eigenvalue weighted by atomic mass is 16.6. The number of nitro groups is 2. The van der Waals surface area contributed by atoms with Gasteiger partial charge in [0.25, 0.3) is 0 Å². The van der Waals surface area contributed by atoms with Crippen LogP contribution in [-0.4, -0.2) is 39.1 Å². The Balaban J connectivity index is 2.65. The Bertz CT molecular complexity index is 881. The Hall–Kier alpha value is -3.89. The van der Waals surface area contributed by atoms with Gasteiger partial charge in [-0.2, -0.15) is 0 Å². The molecule has 0 aromatic heterocycles.